The average molecular weight is 256 g/mol. The quantitative estimate of drug-likeness (QED) is 0.872. The number of rotatable bonds is 2. The van der Waals surface area contributed by atoms with Gasteiger partial charge in [0.1, 0.15) is 5.82 Å². The smallest absolute Gasteiger partial charge is 0.254 e. The number of hydrogen-bond acceptors (Lipinski definition) is 4. The minimum Gasteiger partial charge on any atom is -0.311 e. The van der Waals surface area contributed by atoms with Crippen LogP contribution in [0.1, 0.15) is 22.8 Å². The first kappa shape index (κ1) is 12.0. The second-order valence-electron chi connectivity index (χ2n) is 4.86. The highest BCUT2D eigenvalue weighted by atomic mass is 16.1. The summed E-state index contributed by atoms with van der Waals surface area (Å²) < 4.78 is 0. The second kappa shape index (κ2) is 4.93. The Morgan fingerprint density at radius 3 is 3.11 bits per heavy atom. The van der Waals surface area contributed by atoms with E-state index in [2.05, 4.69) is 19.9 Å². The summed E-state index contributed by atoms with van der Waals surface area (Å²) in [5.74, 6) is 0.684. The molecule has 1 aliphatic rings. The fourth-order valence-electron chi connectivity index (χ4n) is 2.47. The third-order valence-electron chi connectivity index (χ3n) is 3.38. The fourth-order valence-corrected chi connectivity index (χ4v) is 2.47. The summed E-state index contributed by atoms with van der Waals surface area (Å²) in [6.45, 7) is 4.21. The Morgan fingerprint density at radius 1 is 1.42 bits per heavy atom. The molecule has 0 spiro atoms. The van der Waals surface area contributed by atoms with Gasteiger partial charge in [-0.15, -0.1) is 0 Å². The van der Waals surface area contributed by atoms with E-state index in [-0.39, 0.29) is 5.56 Å². The molecule has 0 saturated carbocycles. The van der Waals surface area contributed by atoms with Gasteiger partial charge in [0.05, 0.1) is 11.4 Å². The normalized spacial score (nSPS) is 15.2. The van der Waals surface area contributed by atoms with Crippen molar-refractivity contribution in [3.8, 4) is 0 Å². The molecule has 0 saturated heterocycles. The van der Waals surface area contributed by atoms with Gasteiger partial charge in [0.2, 0.25) is 0 Å². The second-order valence-corrected chi connectivity index (χ2v) is 4.86. The predicted octanol–water partition coefficient (Wildman–Crippen LogP) is 1.03. The van der Waals surface area contributed by atoms with Crippen LogP contribution in [0.4, 0.5) is 0 Å². The zero-order valence-corrected chi connectivity index (χ0v) is 10.9. The van der Waals surface area contributed by atoms with Gasteiger partial charge >= 0.3 is 0 Å². The Bertz CT molecular complexity index is 636. The van der Waals surface area contributed by atoms with Crippen molar-refractivity contribution in [1.29, 1.82) is 0 Å². The summed E-state index contributed by atoms with van der Waals surface area (Å²) in [6.07, 6.45) is 2.56. The lowest BCUT2D eigenvalue weighted by molar-refractivity contribution is 0.237. The van der Waals surface area contributed by atoms with Crippen LogP contribution in [0.25, 0.3) is 0 Å². The van der Waals surface area contributed by atoms with E-state index in [1.807, 2.05) is 25.1 Å². The first-order chi connectivity index (χ1) is 9.22. The molecule has 0 radical (unpaired) electrons. The van der Waals surface area contributed by atoms with Crippen LogP contribution in [0, 0.1) is 6.92 Å². The van der Waals surface area contributed by atoms with Gasteiger partial charge in [0, 0.05) is 31.4 Å². The van der Waals surface area contributed by atoms with Crippen molar-refractivity contribution < 1.29 is 0 Å². The Labute approximate surface area is 111 Å². The molecule has 0 bridgehead atoms. The Morgan fingerprint density at radius 2 is 2.32 bits per heavy atom. The third kappa shape index (κ3) is 2.56. The standard InChI is InChI=1S/C14H16N4O/c1-10-16-13-9-18(7-5-12(13)14(19)17-10)8-11-4-2-3-6-15-11/h2-4,6H,5,7-9H2,1H3,(H,16,17,19). The molecule has 0 atom stereocenters. The Kier molecular flexibility index (Phi) is 3.13. The minimum absolute atomic E-state index is 0.0139. The number of nitrogens with zero attached hydrogens (tertiary/aromatic N) is 3. The molecular weight excluding hydrogens is 240 g/mol. The molecule has 19 heavy (non-hydrogen) atoms. The van der Waals surface area contributed by atoms with Crippen LogP contribution in [-0.2, 0) is 19.5 Å². The molecule has 0 amide bonds. The maximum Gasteiger partial charge on any atom is 0.254 e. The molecule has 0 unspecified atom stereocenters. The van der Waals surface area contributed by atoms with Gasteiger partial charge in [-0.25, -0.2) is 4.98 Å². The van der Waals surface area contributed by atoms with Crippen LogP contribution in [0.2, 0.25) is 0 Å². The van der Waals surface area contributed by atoms with Crippen LogP contribution in [0.3, 0.4) is 0 Å². The van der Waals surface area contributed by atoms with Crippen molar-refractivity contribution in [2.45, 2.75) is 26.4 Å². The number of fused-ring (bicyclic) bond motifs is 1. The van der Waals surface area contributed by atoms with Crippen LogP contribution in [-0.4, -0.2) is 26.4 Å². The summed E-state index contributed by atoms with van der Waals surface area (Å²) in [4.78, 5) is 25.6. The largest absolute Gasteiger partial charge is 0.311 e. The number of hydrogen-bond donors (Lipinski definition) is 1. The van der Waals surface area contributed by atoms with Gasteiger partial charge in [-0.1, -0.05) is 6.07 Å². The molecule has 98 valence electrons. The summed E-state index contributed by atoms with van der Waals surface area (Å²) in [5, 5.41) is 0. The maximum atomic E-state index is 11.8. The highest BCUT2D eigenvalue weighted by molar-refractivity contribution is 5.21. The van der Waals surface area contributed by atoms with Crippen molar-refractivity contribution in [2.75, 3.05) is 6.54 Å². The van der Waals surface area contributed by atoms with Crippen LogP contribution < -0.4 is 5.56 Å². The maximum absolute atomic E-state index is 11.8. The van der Waals surface area contributed by atoms with Gasteiger partial charge in [-0.3, -0.25) is 14.7 Å². The summed E-state index contributed by atoms with van der Waals surface area (Å²) in [5.41, 5.74) is 2.80. The number of aromatic nitrogens is 3. The third-order valence-corrected chi connectivity index (χ3v) is 3.38. The van der Waals surface area contributed by atoms with Gasteiger partial charge in [0.25, 0.3) is 5.56 Å². The Balaban J connectivity index is 1.81. The van der Waals surface area contributed by atoms with E-state index < -0.39 is 0 Å². The molecule has 2 aromatic heterocycles. The summed E-state index contributed by atoms with van der Waals surface area (Å²) >= 11 is 0. The molecule has 0 aliphatic carbocycles. The molecule has 5 nitrogen and oxygen atoms in total. The van der Waals surface area contributed by atoms with Gasteiger partial charge in [-0.05, 0) is 25.5 Å². The average Bonchev–Trinajstić information content (AvgIpc) is 2.39. The molecule has 1 N–H and O–H groups in total. The van der Waals surface area contributed by atoms with E-state index in [0.29, 0.717) is 5.82 Å². The monoisotopic (exact) mass is 256 g/mol. The number of aryl methyl sites for hydroxylation is 1. The van der Waals surface area contributed by atoms with Crippen molar-refractivity contribution in [3.05, 3.63) is 57.5 Å². The highest BCUT2D eigenvalue weighted by Crippen LogP contribution is 2.15. The van der Waals surface area contributed by atoms with E-state index in [9.17, 15) is 4.79 Å². The molecule has 3 heterocycles. The van der Waals surface area contributed by atoms with Crippen LogP contribution >= 0.6 is 0 Å². The number of aromatic amines is 1. The van der Waals surface area contributed by atoms with Crippen molar-refractivity contribution in [1.82, 2.24) is 19.9 Å². The van der Waals surface area contributed by atoms with E-state index in [0.717, 1.165) is 43.0 Å². The lowest BCUT2D eigenvalue weighted by Crippen LogP contribution is -2.35. The lowest BCUT2D eigenvalue weighted by atomic mass is 10.1. The molecule has 0 fully saturated rings. The zero-order valence-electron chi connectivity index (χ0n) is 10.9. The van der Waals surface area contributed by atoms with Crippen LogP contribution in [0.15, 0.2) is 29.2 Å². The van der Waals surface area contributed by atoms with Crippen molar-refractivity contribution in [3.63, 3.8) is 0 Å². The van der Waals surface area contributed by atoms with E-state index in [1.54, 1.807) is 6.20 Å². The SMILES string of the molecule is Cc1nc2c(c(=O)[nH]1)CCN(Cc1ccccn1)C2. The predicted molar refractivity (Wildman–Crippen MR) is 71.6 cm³/mol. The molecule has 0 aromatic carbocycles. The van der Waals surface area contributed by atoms with Crippen molar-refractivity contribution in [2.24, 2.45) is 0 Å². The topological polar surface area (TPSA) is 61.9 Å². The minimum atomic E-state index is 0.0139. The molecule has 2 aromatic rings. The zero-order chi connectivity index (χ0) is 13.2. The first-order valence-corrected chi connectivity index (χ1v) is 6.43. The van der Waals surface area contributed by atoms with E-state index >= 15 is 0 Å². The fraction of sp³-hybridized carbons (Fsp3) is 0.357. The van der Waals surface area contributed by atoms with E-state index in [1.165, 1.54) is 0 Å². The summed E-state index contributed by atoms with van der Waals surface area (Å²) in [6, 6.07) is 5.93. The summed E-state index contributed by atoms with van der Waals surface area (Å²) in [7, 11) is 0. The molecule has 3 rings (SSSR count). The van der Waals surface area contributed by atoms with Crippen LogP contribution in [0.5, 0.6) is 0 Å². The van der Waals surface area contributed by atoms with Crippen molar-refractivity contribution >= 4 is 0 Å². The molecular formula is C14H16N4O. The molecule has 1 aliphatic heterocycles. The van der Waals surface area contributed by atoms with Gasteiger partial charge < -0.3 is 4.98 Å². The number of pyridine rings is 1. The first-order valence-electron chi connectivity index (χ1n) is 6.43. The highest BCUT2D eigenvalue weighted by Gasteiger charge is 2.20. The number of H-pyrrole nitrogens is 1. The number of nitrogens with one attached hydrogen (secondary N) is 1. The Hall–Kier alpha value is -2.01. The lowest BCUT2D eigenvalue weighted by Gasteiger charge is -2.27. The molecule has 5 heteroatoms. The van der Waals surface area contributed by atoms with Gasteiger partial charge in [0.15, 0.2) is 0 Å². The van der Waals surface area contributed by atoms with Gasteiger partial charge in [-0.2, -0.15) is 0 Å². The van der Waals surface area contributed by atoms with E-state index in [4.69, 9.17) is 0 Å².